The molecule has 2 amide bonds. The molecule has 2 aromatic carbocycles. The minimum Gasteiger partial charge on any atom is -0.381 e. The third kappa shape index (κ3) is 3.88. The maximum Gasteiger partial charge on any atom is 0.248 e. The van der Waals surface area contributed by atoms with Gasteiger partial charge in [0, 0.05) is 13.0 Å². The Morgan fingerprint density at radius 1 is 1.04 bits per heavy atom. The van der Waals surface area contributed by atoms with Crippen LogP contribution < -0.4 is 16.0 Å². The lowest BCUT2D eigenvalue weighted by Gasteiger charge is -2.15. The highest BCUT2D eigenvalue weighted by atomic mass is 16.2. The average molecular weight is 309 g/mol. The van der Waals surface area contributed by atoms with Crippen LogP contribution in [0, 0.1) is 0 Å². The molecule has 3 N–H and O–H groups in total. The van der Waals surface area contributed by atoms with E-state index >= 15 is 0 Å². The number of fused-ring (bicyclic) bond motifs is 1. The summed E-state index contributed by atoms with van der Waals surface area (Å²) < 4.78 is 0. The van der Waals surface area contributed by atoms with E-state index < -0.39 is 6.04 Å². The summed E-state index contributed by atoms with van der Waals surface area (Å²) in [6.07, 6.45) is 1.02. The van der Waals surface area contributed by atoms with Crippen LogP contribution in [-0.2, 0) is 16.0 Å². The van der Waals surface area contributed by atoms with E-state index in [0.717, 1.165) is 16.9 Å². The Hall–Kier alpha value is -2.82. The van der Waals surface area contributed by atoms with Crippen LogP contribution >= 0.6 is 0 Å². The van der Waals surface area contributed by atoms with Crippen molar-refractivity contribution in [2.45, 2.75) is 18.9 Å². The van der Waals surface area contributed by atoms with E-state index in [0.29, 0.717) is 19.4 Å². The highest BCUT2D eigenvalue weighted by Gasteiger charge is 2.24. The van der Waals surface area contributed by atoms with Crippen molar-refractivity contribution in [3.63, 3.8) is 0 Å². The van der Waals surface area contributed by atoms with Gasteiger partial charge in [-0.15, -0.1) is 0 Å². The highest BCUT2D eigenvalue weighted by molar-refractivity contribution is 6.01. The quantitative estimate of drug-likeness (QED) is 0.810. The van der Waals surface area contributed by atoms with E-state index in [4.69, 9.17) is 0 Å². The Morgan fingerprint density at radius 2 is 1.74 bits per heavy atom. The molecule has 5 nitrogen and oxygen atoms in total. The first kappa shape index (κ1) is 15.1. The van der Waals surface area contributed by atoms with Gasteiger partial charge in [0.05, 0.1) is 11.4 Å². The van der Waals surface area contributed by atoms with Crippen molar-refractivity contribution in [2.24, 2.45) is 0 Å². The molecule has 0 saturated heterocycles. The third-order valence-electron chi connectivity index (χ3n) is 3.82. The minimum atomic E-state index is -0.578. The van der Waals surface area contributed by atoms with E-state index in [1.54, 1.807) is 0 Å². The van der Waals surface area contributed by atoms with Crippen molar-refractivity contribution in [1.82, 2.24) is 5.32 Å². The number of anilines is 2. The Balaban J connectivity index is 1.56. The van der Waals surface area contributed by atoms with Crippen LogP contribution in [-0.4, -0.2) is 24.4 Å². The molecule has 2 aromatic rings. The normalized spacial score (nSPS) is 16.5. The number of para-hydroxylation sites is 2. The molecule has 118 valence electrons. The molecule has 0 saturated carbocycles. The second-order valence-corrected chi connectivity index (χ2v) is 5.52. The predicted octanol–water partition coefficient (Wildman–Crippen LogP) is 2.17. The summed E-state index contributed by atoms with van der Waals surface area (Å²) >= 11 is 0. The summed E-state index contributed by atoms with van der Waals surface area (Å²) in [5.74, 6) is -0.322. The number of benzene rings is 2. The molecule has 1 unspecified atom stereocenters. The Bertz CT molecular complexity index is 700. The molecule has 0 aliphatic carbocycles. The van der Waals surface area contributed by atoms with E-state index in [1.165, 1.54) is 0 Å². The highest BCUT2D eigenvalue weighted by Crippen LogP contribution is 2.23. The molecule has 0 spiro atoms. The smallest absolute Gasteiger partial charge is 0.248 e. The van der Waals surface area contributed by atoms with Gasteiger partial charge in [-0.05, 0) is 24.1 Å². The first-order valence-corrected chi connectivity index (χ1v) is 7.69. The second-order valence-electron chi connectivity index (χ2n) is 5.52. The molecular formula is C18H19N3O2. The zero-order valence-electron chi connectivity index (χ0n) is 12.7. The van der Waals surface area contributed by atoms with Crippen molar-refractivity contribution in [1.29, 1.82) is 0 Å². The monoisotopic (exact) mass is 309 g/mol. The number of hydrogen-bond donors (Lipinski definition) is 3. The van der Waals surface area contributed by atoms with Gasteiger partial charge >= 0.3 is 0 Å². The molecule has 1 aliphatic rings. The maximum atomic E-state index is 12.2. The lowest BCUT2D eigenvalue weighted by Crippen LogP contribution is -2.46. The van der Waals surface area contributed by atoms with E-state index in [9.17, 15) is 9.59 Å². The first-order valence-electron chi connectivity index (χ1n) is 7.69. The topological polar surface area (TPSA) is 70.2 Å². The number of carbonyl (C=O) groups excluding carboxylic acids is 2. The SMILES string of the molecule is O=C(CCc1ccccc1)NC1CNc2ccccc2NC1=O. The number of nitrogens with one attached hydrogen (secondary N) is 3. The van der Waals surface area contributed by atoms with Crippen LogP contribution in [0.1, 0.15) is 12.0 Å². The molecule has 0 aromatic heterocycles. The second kappa shape index (κ2) is 6.96. The molecule has 1 aliphatic heterocycles. The zero-order chi connectivity index (χ0) is 16.1. The zero-order valence-corrected chi connectivity index (χ0v) is 12.7. The van der Waals surface area contributed by atoms with Crippen LogP contribution in [0.5, 0.6) is 0 Å². The van der Waals surface area contributed by atoms with Gasteiger partial charge in [0.15, 0.2) is 0 Å². The fourth-order valence-electron chi connectivity index (χ4n) is 2.56. The van der Waals surface area contributed by atoms with Crippen LogP contribution in [0.15, 0.2) is 54.6 Å². The van der Waals surface area contributed by atoms with Gasteiger partial charge in [-0.3, -0.25) is 9.59 Å². The molecule has 1 heterocycles. The van der Waals surface area contributed by atoms with Crippen LogP contribution in [0.3, 0.4) is 0 Å². The Morgan fingerprint density at radius 3 is 2.52 bits per heavy atom. The van der Waals surface area contributed by atoms with Gasteiger partial charge < -0.3 is 16.0 Å². The van der Waals surface area contributed by atoms with Crippen molar-refractivity contribution in [3.05, 3.63) is 60.2 Å². The van der Waals surface area contributed by atoms with Crippen LogP contribution in [0.4, 0.5) is 11.4 Å². The lowest BCUT2D eigenvalue weighted by atomic mass is 10.1. The van der Waals surface area contributed by atoms with Gasteiger partial charge in [0.1, 0.15) is 6.04 Å². The van der Waals surface area contributed by atoms with Crippen LogP contribution in [0.2, 0.25) is 0 Å². The maximum absolute atomic E-state index is 12.2. The largest absolute Gasteiger partial charge is 0.381 e. The average Bonchev–Trinajstić information content (AvgIpc) is 2.73. The summed E-state index contributed by atoms with van der Waals surface area (Å²) in [5.41, 5.74) is 2.71. The number of carbonyl (C=O) groups is 2. The number of aryl methyl sites for hydroxylation is 1. The fourth-order valence-corrected chi connectivity index (χ4v) is 2.56. The number of rotatable bonds is 4. The van der Waals surface area contributed by atoms with Crippen molar-refractivity contribution < 1.29 is 9.59 Å². The molecule has 0 radical (unpaired) electrons. The minimum absolute atomic E-state index is 0.123. The summed E-state index contributed by atoms with van der Waals surface area (Å²) in [6.45, 7) is 0.375. The standard InChI is InChI=1S/C18H19N3O2/c22-17(11-10-13-6-2-1-3-7-13)20-16-12-19-14-8-4-5-9-15(14)21-18(16)23/h1-9,16,19H,10-12H2,(H,20,22)(H,21,23). The lowest BCUT2D eigenvalue weighted by molar-refractivity contribution is -0.126. The Labute approximate surface area is 135 Å². The molecule has 0 fully saturated rings. The molecule has 1 atom stereocenters. The van der Waals surface area contributed by atoms with E-state index in [-0.39, 0.29) is 11.8 Å². The van der Waals surface area contributed by atoms with Gasteiger partial charge in [0.25, 0.3) is 0 Å². The predicted molar refractivity (Wildman–Crippen MR) is 90.3 cm³/mol. The molecule has 5 heteroatoms. The summed E-state index contributed by atoms with van der Waals surface area (Å²) in [6, 6.07) is 16.7. The number of hydrogen-bond acceptors (Lipinski definition) is 3. The summed E-state index contributed by atoms with van der Waals surface area (Å²) in [5, 5.41) is 8.82. The molecule has 3 rings (SSSR count). The van der Waals surface area contributed by atoms with Gasteiger partial charge in [-0.2, -0.15) is 0 Å². The van der Waals surface area contributed by atoms with Crippen LogP contribution in [0.25, 0.3) is 0 Å². The summed E-state index contributed by atoms with van der Waals surface area (Å²) in [4.78, 5) is 24.3. The fraction of sp³-hybridized carbons (Fsp3) is 0.222. The molecule has 0 bridgehead atoms. The van der Waals surface area contributed by atoms with Crippen molar-refractivity contribution in [2.75, 3.05) is 17.2 Å². The molecular weight excluding hydrogens is 290 g/mol. The van der Waals surface area contributed by atoms with Gasteiger partial charge in [-0.25, -0.2) is 0 Å². The molecule has 23 heavy (non-hydrogen) atoms. The summed E-state index contributed by atoms with van der Waals surface area (Å²) in [7, 11) is 0. The van der Waals surface area contributed by atoms with E-state index in [1.807, 2.05) is 54.6 Å². The van der Waals surface area contributed by atoms with E-state index in [2.05, 4.69) is 16.0 Å². The number of amides is 2. The Kier molecular flexibility index (Phi) is 4.57. The third-order valence-corrected chi connectivity index (χ3v) is 3.82. The first-order chi connectivity index (χ1) is 11.2. The van der Waals surface area contributed by atoms with Crippen molar-refractivity contribution >= 4 is 23.2 Å². The van der Waals surface area contributed by atoms with Gasteiger partial charge in [-0.1, -0.05) is 42.5 Å². The van der Waals surface area contributed by atoms with Gasteiger partial charge in [0.2, 0.25) is 11.8 Å². The van der Waals surface area contributed by atoms with Crippen molar-refractivity contribution in [3.8, 4) is 0 Å².